The number of primary amides is 1. The van der Waals surface area contributed by atoms with Gasteiger partial charge in [0.15, 0.2) is 5.82 Å². The number of nitrogens with two attached hydrogens (primary N) is 2. The third kappa shape index (κ3) is 3.13. The molecule has 0 atom stereocenters. The van der Waals surface area contributed by atoms with Gasteiger partial charge in [0.2, 0.25) is 5.91 Å². The molecule has 0 aliphatic heterocycles. The molecule has 1 rings (SSSR count). The van der Waals surface area contributed by atoms with Gasteiger partial charge in [-0.3, -0.25) is 4.79 Å². The molecule has 0 saturated carbocycles. The molecule has 84 valence electrons. The van der Waals surface area contributed by atoms with Crippen LogP contribution in [0.25, 0.3) is 0 Å². The summed E-state index contributed by atoms with van der Waals surface area (Å²) >= 11 is 0. The molecule has 1 heterocycles. The van der Waals surface area contributed by atoms with Gasteiger partial charge < -0.3 is 16.8 Å². The Morgan fingerprint density at radius 1 is 1.62 bits per heavy atom. The molecule has 0 aromatic carbocycles. The molecule has 0 aliphatic rings. The minimum absolute atomic E-state index is 0.310. The number of carbonyl (C=O) groups is 1. The maximum absolute atomic E-state index is 10.5. The number of hydrogen-bond donors (Lipinski definition) is 3. The molecule has 6 heteroatoms. The fourth-order valence-electron chi connectivity index (χ4n) is 1.18. The maximum atomic E-state index is 10.5. The Bertz CT molecular complexity index is 424. The molecule has 16 heavy (non-hydrogen) atoms. The minimum Gasteiger partial charge on any atom is -0.395 e. The Balaban J connectivity index is 2.55. The zero-order valence-corrected chi connectivity index (χ0v) is 8.73. The van der Waals surface area contributed by atoms with Crippen molar-refractivity contribution in [2.75, 3.05) is 17.6 Å². The van der Waals surface area contributed by atoms with E-state index in [-0.39, 0.29) is 5.91 Å². The van der Waals surface area contributed by atoms with E-state index in [9.17, 15) is 4.79 Å². The van der Waals surface area contributed by atoms with E-state index in [0.717, 1.165) is 0 Å². The van der Waals surface area contributed by atoms with Crippen molar-refractivity contribution < 1.29 is 4.79 Å². The lowest BCUT2D eigenvalue weighted by Crippen LogP contribution is -2.13. The number of aromatic nitrogens is 1. The first-order valence-corrected chi connectivity index (χ1v) is 4.82. The van der Waals surface area contributed by atoms with Crippen LogP contribution in [0.15, 0.2) is 12.3 Å². The highest BCUT2D eigenvalue weighted by molar-refractivity contribution is 5.73. The van der Waals surface area contributed by atoms with Gasteiger partial charge in [0.1, 0.15) is 6.07 Å². The van der Waals surface area contributed by atoms with Crippen LogP contribution in [0, 0.1) is 11.3 Å². The van der Waals surface area contributed by atoms with Crippen molar-refractivity contribution in [1.82, 2.24) is 4.98 Å². The number of pyridine rings is 1. The van der Waals surface area contributed by atoms with Crippen molar-refractivity contribution in [3.8, 4) is 6.07 Å². The summed E-state index contributed by atoms with van der Waals surface area (Å²) in [4.78, 5) is 14.5. The predicted octanol–water partition coefficient (Wildman–Crippen LogP) is 0.213. The standard InChI is InChI=1S/C10H13N5O/c11-6-7-3-5-15-10(9(7)13)14-4-1-2-8(12)16/h3,5H,1-2,4,13H2,(H2,12,16)(H,14,15). The van der Waals surface area contributed by atoms with Crippen LogP contribution in [-0.2, 0) is 4.79 Å². The first-order valence-electron chi connectivity index (χ1n) is 4.82. The molecule has 1 amide bonds. The van der Waals surface area contributed by atoms with Crippen LogP contribution in [0.3, 0.4) is 0 Å². The Morgan fingerprint density at radius 3 is 3.00 bits per heavy atom. The molecule has 5 N–H and O–H groups in total. The SMILES string of the molecule is N#Cc1ccnc(NCCCC(N)=O)c1N. The molecule has 0 spiro atoms. The van der Waals surface area contributed by atoms with Gasteiger partial charge in [0, 0.05) is 19.2 Å². The molecule has 0 fully saturated rings. The van der Waals surface area contributed by atoms with Gasteiger partial charge in [-0.25, -0.2) is 4.98 Å². The third-order valence-electron chi connectivity index (χ3n) is 2.00. The number of anilines is 2. The number of nitrogen functional groups attached to an aromatic ring is 1. The van der Waals surface area contributed by atoms with Gasteiger partial charge in [0.05, 0.1) is 11.3 Å². The van der Waals surface area contributed by atoms with Crippen LogP contribution in [0.5, 0.6) is 0 Å². The van der Waals surface area contributed by atoms with Crippen molar-refractivity contribution >= 4 is 17.4 Å². The first kappa shape index (κ1) is 11.8. The normalized spacial score (nSPS) is 9.44. The first-order chi connectivity index (χ1) is 7.65. The minimum atomic E-state index is -0.339. The highest BCUT2D eigenvalue weighted by Gasteiger charge is 2.04. The highest BCUT2D eigenvalue weighted by atomic mass is 16.1. The average Bonchev–Trinajstić information content (AvgIpc) is 2.26. The lowest BCUT2D eigenvalue weighted by Gasteiger charge is -2.07. The topological polar surface area (TPSA) is 118 Å². The molecule has 0 aliphatic carbocycles. The van der Waals surface area contributed by atoms with Crippen LogP contribution in [-0.4, -0.2) is 17.4 Å². The number of hydrogen-bond acceptors (Lipinski definition) is 5. The van der Waals surface area contributed by atoms with Gasteiger partial charge in [-0.2, -0.15) is 5.26 Å². The quantitative estimate of drug-likeness (QED) is 0.612. The van der Waals surface area contributed by atoms with Gasteiger partial charge in [-0.15, -0.1) is 0 Å². The largest absolute Gasteiger partial charge is 0.395 e. The highest BCUT2D eigenvalue weighted by Crippen LogP contribution is 2.18. The van der Waals surface area contributed by atoms with Crippen molar-refractivity contribution in [3.63, 3.8) is 0 Å². The second-order valence-corrected chi connectivity index (χ2v) is 3.23. The maximum Gasteiger partial charge on any atom is 0.217 e. The van der Waals surface area contributed by atoms with Crippen LogP contribution in [0.4, 0.5) is 11.5 Å². The number of rotatable bonds is 5. The fourth-order valence-corrected chi connectivity index (χ4v) is 1.18. The van der Waals surface area contributed by atoms with Crippen LogP contribution in [0.2, 0.25) is 0 Å². The van der Waals surface area contributed by atoms with E-state index in [0.29, 0.717) is 36.5 Å². The number of nitriles is 1. The second kappa shape index (κ2) is 5.56. The van der Waals surface area contributed by atoms with Crippen molar-refractivity contribution in [2.24, 2.45) is 5.73 Å². The van der Waals surface area contributed by atoms with Crippen molar-refractivity contribution in [1.29, 1.82) is 5.26 Å². The molecule has 1 aromatic heterocycles. The Morgan fingerprint density at radius 2 is 2.38 bits per heavy atom. The fraction of sp³-hybridized carbons (Fsp3) is 0.300. The van der Waals surface area contributed by atoms with E-state index < -0.39 is 0 Å². The zero-order chi connectivity index (χ0) is 12.0. The van der Waals surface area contributed by atoms with Gasteiger partial charge >= 0.3 is 0 Å². The van der Waals surface area contributed by atoms with E-state index in [1.807, 2.05) is 6.07 Å². The zero-order valence-electron chi connectivity index (χ0n) is 8.73. The molecule has 1 aromatic rings. The van der Waals surface area contributed by atoms with Gasteiger partial charge in [0.25, 0.3) is 0 Å². The summed E-state index contributed by atoms with van der Waals surface area (Å²) in [5.41, 5.74) is 11.4. The lowest BCUT2D eigenvalue weighted by molar-refractivity contribution is -0.118. The summed E-state index contributed by atoms with van der Waals surface area (Å²) in [5, 5.41) is 11.7. The summed E-state index contributed by atoms with van der Waals surface area (Å²) in [6.45, 7) is 0.537. The molecule has 0 bridgehead atoms. The lowest BCUT2D eigenvalue weighted by atomic mass is 10.2. The number of nitrogens with zero attached hydrogens (tertiary/aromatic N) is 2. The summed E-state index contributed by atoms with van der Waals surface area (Å²) in [7, 11) is 0. The summed E-state index contributed by atoms with van der Waals surface area (Å²) < 4.78 is 0. The van der Waals surface area contributed by atoms with Crippen LogP contribution < -0.4 is 16.8 Å². The van der Waals surface area contributed by atoms with Crippen molar-refractivity contribution in [3.05, 3.63) is 17.8 Å². The van der Waals surface area contributed by atoms with E-state index in [1.54, 1.807) is 6.07 Å². The van der Waals surface area contributed by atoms with Crippen LogP contribution >= 0.6 is 0 Å². The third-order valence-corrected chi connectivity index (χ3v) is 2.00. The predicted molar refractivity (Wildman–Crippen MR) is 60.3 cm³/mol. The number of carbonyl (C=O) groups excluding carboxylic acids is 1. The molecular formula is C10H13N5O. The Kier molecular flexibility index (Phi) is 4.09. The van der Waals surface area contributed by atoms with Gasteiger partial charge in [-0.05, 0) is 12.5 Å². The Hall–Kier alpha value is -2.29. The van der Waals surface area contributed by atoms with E-state index in [4.69, 9.17) is 16.7 Å². The van der Waals surface area contributed by atoms with E-state index >= 15 is 0 Å². The summed E-state index contributed by atoms with van der Waals surface area (Å²) in [6, 6.07) is 3.51. The summed E-state index contributed by atoms with van der Waals surface area (Å²) in [5.74, 6) is 0.122. The number of nitrogens with one attached hydrogen (secondary N) is 1. The summed E-state index contributed by atoms with van der Waals surface area (Å²) in [6.07, 6.45) is 2.42. The molecule has 0 saturated heterocycles. The Labute approximate surface area is 93.3 Å². The van der Waals surface area contributed by atoms with Crippen molar-refractivity contribution in [2.45, 2.75) is 12.8 Å². The molecular weight excluding hydrogens is 206 g/mol. The van der Waals surface area contributed by atoms with Crippen LogP contribution in [0.1, 0.15) is 18.4 Å². The average molecular weight is 219 g/mol. The van der Waals surface area contributed by atoms with E-state index in [1.165, 1.54) is 6.20 Å². The molecule has 6 nitrogen and oxygen atoms in total. The monoisotopic (exact) mass is 219 g/mol. The van der Waals surface area contributed by atoms with Gasteiger partial charge in [-0.1, -0.05) is 0 Å². The molecule has 0 radical (unpaired) electrons. The second-order valence-electron chi connectivity index (χ2n) is 3.23. The van der Waals surface area contributed by atoms with E-state index in [2.05, 4.69) is 10.3 Å². The molecule has 0 unspecified atom stereocenters. The number of amides is 1. The smallest absolute Gasteiger partial charge is 0.217 e.